The van der Waals surface area contributed by atoms with Crippen LogP contribution in [0, 0.1) is 0 Å². The monoisotopic (exact) mass is 520 g/mol. The van der Waals surface area contributed by atoms with Gasteiger partial charge in [-0.15, -0.1) is 24.0 Å². The summed E-state index contributed by atoms with van der Waals surface area (Å²) < 4.78 is 17.7. The molecule has 2 fully saturated rings. The van der Waals surface area contributed by atoms with E-state index < -0.39 is 0 Å². The Hall–Kier alpha value is -0.870. The molecule has 2 saturated heterocycles. The minimum atomic E-state index is -0.0303. The van der Waals surface area contributed by atoms with E-state index in [1.807, 2.05) is 13.2 Å². The van der Waals surface area contributed by atoms with E-state index in [1.54, 1.807) is 0 Å². The highest BCUT2D eigenvalue weighted by molar-refractivity contribution is 14.0. The van der Waals surface area contributed by atoms with E-state index in [0.717, 1.165) is 57.3 Å². The first-order chi connectivity index (χ1) is 13.5. The lowest BCUT2D eigenvalue weighted by Crippen LogP contribution is -2.47. The summed E-state index contributed by atoms with van der Waals surface area (Å²) in [7, 11) is 1.82. The molecule has 3 rings (SSSR count). The lowest BCUT2D eigenvalue weighted by Gasteiger charge is -2.34. The number of halogens is 1. The summed E-state index contributed by atoms with van der Waals surface area (Å²) >= 11 is 0. The maximum Gasteiger partial charge on any atom is 0.213 e. The van der Waals surface area contributed by atoms with Gasteiger partial charge in [-0.2, -0.15) is 0 Å². The molecule has 0 saturated carbocycles. The normalized spacial score (nSPS) is 21.7. The highest BCUT2D eigenvalue weighted by atomic mass is 127. The van der Waals surface area contributed by atoms with Crippen molar-refractivity contribution < 1.29 is 13.9 Å². The molecule has 166 valence electrons. The summed E-state index contributed by atoms with van der Waals surface area (Å²) in [6.07, 6.45) is 8.04. The van der Waals surface area contributed by atoms with Crippen molar-refractivity contribution in [3.63, 3.8) is 0 Å². The first-order valence-corrected chi connectivity index (χ1v) is 10.6. The Kier molecular flexibility index (Phi) is 9.68. The molecule has 1 aromatic heterocycles. The molecule has 29 heavy (non-hydrogen) atoms. The average molecular weight is 520 g/mol. The second-order valence-electron chi connectivity index (χ2n) is 8.78. The van der Waals surface area contributed by atoms with Crippen LogP contribution in [0.2, 0.25) is 0 Å². The third kappa shape index (κ3) is 7.40. The van der Waals surface area contributed by atoms with Gasteiger partial charge in [0.15, 0.2) is 5.96 Å². The molecule has 0 amide bonds. The van der Waals surface area contributed by atoms with Crippen LogP contribution < -0.4 is 5.32 Å². The number of piperidine rings is 1. The zero-order valence-corrected chi connectivity index (χ0v) is 20.6. The van der Waals surface area contributed by atoms with E-state index in [-0.39, 0.29) is 29.4 Å². The summed E-state index contributed by atoms with van der Waals surface area (Å²) in [6.45, 7) is 10.4. The third-order valence-electron chi connectivity index (χ3n) is 5.44. The highest BCUT2D eigenvalue weighted by Crippen LogP contribution is 2.22. The molecular weight excluding hydrogens is 483 g/mol. The second-order valence-corrected chi connectivity index (χ2v) is 8.78. The quantitative estimate of drug-likeness (QED) is 0.363. The lowest BCUT2D eigenvalue weighted by molar-refractivity contribution is -0.0721. The smallest absolute Gasteiger partial charge is 0.213 e. The molecule has 1 unspecified atom stereocenters. The van der Waals surface area contributed by atoms with Gasteiger partial charge >= 0.3 is 0 Å². The van der Waals surface area contributed by atoms with Gasteiger partial charge in [0, 0.05) is 32.2 Å². The van der Waals surface area contributed by atoms with E-state index in [4.69, 9.17) is 13.9 Å². The Balaban J connectivity index is 0.00000300. The largest absolute Gasteiger partial charge is 0.443 e. The second kappa shape index (κ2) is 11.5. The molecule has 3 heterocycles. The van der Waals surface area contributed by atoms with Gasteiger partial charge in [0.05, 0.1) is 31.6 Å². The number of oxazole rings is 1. The number of hydrogen-bond donors (Lipinski definition) is 1. The topological polar surface area (TPSA) is 72.1 Å². The van der Waals surface area contributed by atoms with Crippen molar-refractivity contribution in [1.29, 1.82) is 0 Å². The maximum absolute atomic E-state index is 6.11. The van der Waals surface area contributed by atoms with Crippen LogP contribution in [0.1, 0.15) is 64.5 Å². The van der Waals surface area contributed by atoms with Gasteiger partial charge in [-0.3, -0.25) is 4.99 Å². The molecule has 1 aromatic rings. The van der Waals surface area contributed by atoms with Gasteiger partial charge in [0.1, 0.15) is 5.76 Å². The van der Waals surface area contributed by atoms with Crippen molar-refractivity contribution in [2.24, 2.45) is 4.99 Å². The van der Waals surface area contributed by atoms with Gasteiger partial charge in [0.2, 0.25) is 5.89 Å². The molecular formula is C21H37IN4O3. The molecule has 0 spiro atoms. The number of ether oxygens (including phenoxy) is 2. The Morgan fingerprint density at radius 2 is 2.03 bits per heavy atom. The van der Waals surface area contributed by atoms with Crippen LogP contribution in [-0.2, 0) is 21.4 Å². The summed E-state index contributed by atoms with van der Waals surface area (Å²) in [4.78, 5) is 11.1. The number of likely N-dealkylation sites (tertiary alicyclic amines) is 1. The molecule has 0 aliphatic carbocycles. The summed E-state index contributed by atoms with van der Waals surface area (Å²) in [5.74, 6) is 2.49. The van der Waals surface area contributed by atoms with Crippen LogP contribution in [-0.4, -0.2) is 61.4 Å². The van der Waals surface area contributed by atoms with E-state index in [2.05, 4.69) is 41.0 Å². The summed E-state index contributed by atoms with van der Waals surface area (Å²) in [6, 6.07) is 0. The van der Waals surface area contributed by atoms with E-state index >= 15 is 0 Å². The number of rotatable bonds is 5. The lowest BCUT2D eigenvalue weighted by atomic mass is 9.94. The predicted molar refractivity (Wildman–Crippen MR) is 125 cm³/mol. The van der Waals surface area contributed by atoms with Crippen LogP contribution in [0.5, 0.6) is 0 Å². The standard InChI is InChI=1S/C21H36N4O3.HI/c1-21(2,3)18-13-23-19(28-18)14-24-20(22-4)25-10-8-16(9-11-25)27-15-17-7-5-6-12-26-17;/h13,16-17H,5-12,14-15H2,1-4H3,(H,22,24);1H. The highest BCUT2D eigenvalue weighted by Gasteiger charge is 2.24. The first-order valence-electron chi connectivity index (χ1n) is 10.6. The van der Waals surface area contributed by atoms with E-state index in [1.165, 1.54) is 12.8 Å². The molecule has 2 aliphatic heterocycles. The first kappa shape index (κ1) is 24.4. The Bertz CT molecular complexity index is 630. The SMILES string of the molecule is CN=C(NCc1ncc(C(C)(C)C)o1)N1CCC(OCC2CCCCO2)CC1.I. The van der Waals surface area contributed by atoms with Crippen molar-refractivity contribution in [3.8, 4) is 0 Å². The minimum absolute atomic E-state index is 0. The summed E-state index contributed by atoms with van der Waals surface area (Å²) in [5.41, 5.74) is -0.0303. The zero-order valence-electron chi connectivity index (χ0n) is 18.3. The predicted octanol–water partition coefficient (Wildman–Crippen LogP) is 3.72. The molecule has 7 nitrogen and oxygen atoms in total. The minimum Gasteiger partial charge on any atom is -0.443 e. The van der Waals surface area contributed by atoms with E-state index in [0.29, 0.717) is 24.6 Å². The number of nitrogens with one attached hydrogen (secondary N) is 1. The zero-order chi connectivity index (χ0) is 20.0. The fraction of sp³-hybridized carbons (Fsp3) is 0.810. The van der Waals surface area contributed by atoms with Crippen LogP contribution in [0.4, 0.5) is 0 Å². The fourth-order valence-electron chi connectivity index (χ4n) is 3.64. The number of guanidine groups is 1. The molecule has 8 heteroatoms. The van der Waals surface area contributed by atoms with Crippen molar-refractivity contribution in [1.82, 2.24) is 15.2 Å². The fourth-order valence-corrected chi connectivity index (χ4v) is 3.64. The maximum atomic E-state index is 6.11. The van der Waals surface area contributed by atoms with Gasteiger partial charge in [-0.05, 0) is 32.1 Å². The molecule has 0 radical (unpaired) electrons. The molecule has 1 atom stereocenters. The van der Waals surface area contributed by atoms with Crippen LogP contribution in [0.3, 0.4) is 0 Å². The van der Waals surface area contributed by atoms with Gasteiger partial charge in [-0.1, -0.05) is 20.8 Å². The Morgan fingerprint density at radius 1 is 1.28 bits per heavy atom. The van der Waals surface area contributed by atoms with Crippen molar-refractivity contribution in [3.05, 3.63) is 17.8 Å². The average Bonchev–Trinajstić information content (AvgIpc) is 3.18. The number of aromatic nitrogens is 1. The summed E-state index contributed by atoms with van der Waals surface area (Å²) in [5, 5.41) is 3.38. The van der Waals surface area contributed by atoms with Crippen molar-refractivity contribution in [2.75, 3.05) is 33.4 Å². The Morgan fingerprint density at radius 3 is 2.62 bits per heavy atom. The number of nitrogens with zero attached hydrogens (tertiary/aromatic N) is 3. The van der Waals surface area contributed by atoms with Crippen LogP contribution in [0.25, 0.3) is 0 Å². The third-order valence-corrected chi connectivity index (χ3v) is 5.44. The molecule has 1 N–H and O–H groups in total. The molecule has 0 aromatic carbocycles. The molecule has 2 aliphatic rings. The van der Waals surface area contributed by atoms with Crippen molar-refractivity contribution in [2.45, 2.75) is 77.0 Å². The number of hydrogen-bond acceptors (Lipinski definition) is 5. The number of aliphatic imine (C=N–C) groups is 1. The van der Waals surface area contributed by atoms with Gasteiger partial charge < -0.3 is 24.1 Å². The Labute approximate surface area is 192 Å². The van der Waals surface area contributed by atoms with Crippen LogP contribution in [0.15, 0.2) is 15.6 Å². The van der Waals surface area contributed by atoms with Crippen molar-refractivity contribution >= 4 is 29.9 Å². The van der Waals surface area contributed by atoms with E-state index in [9.17, 15) is 0 Å². The van der Waals surface area contributed by atoms with Gasteiger partial charge in [-0.25, -0.2) is 4.98 Å². The van der Waals surface area contributed by atoms with Gasteiger partial charge in [0.25, 0.3) is 0 Å². The van der Waals surface area contributed by atoms with Crippen LogP contribution >= 0.6 is 24.0 Å². The molecule has 0 bridgehead atoms.